The molecule has 0 spiro atoms. The Morgan fingerprint density at radius 1 is 0.850 bits per heavy atom. The molecule has 0 aromatic heterocycles. The summed E-state index contributed by atoms with van der Waals surface area (Å²) in [5.74, 6) is -7.33. The lowest BCUT2D eigenvalue weighted by atomic mass is 9.49. The zero-order valence-electron chi connectivity index (χ0n) is 31.6. The van der Waals surface area contributed by atoms with Crippen LogP contribution in [0.1, 0.15) is 45.8 Å². The smallest absolute Gasteiger partial charge is 0.260 e. The summed E-state index contributed by atoms with van der Waals surface area (Å²) in [5, 5.41) is 12.4. The van der Waals surface area contributed by atoms with Gasteiger partial charge in [0.2, 0.25) is 11.8 Å². The average molecular weight is 954 g/mol. The van der Waals surface area contributed by atoms with Gasteiger partial charge >= 0.3 is 0 Å². The zero-order valence-corrected chi connectivity index (χ0v) is 35.5. The first-order chi connectivity index (χ1) is 28.9. The van der Waals surface area contributed by atoms with Crippen LogP contribution in [0.3, 0.4) is 0 Å². The Balaban J connectivity index is 1.19. The van der Waals surface area contributed by atoms with Crippen molar-refractivity contribution in [3.05, 3.63) is 163 Å². The Kier molecular flexibility index (Phi) is 10.0. The summed E-state index contributed by atoms with van der Waals surface area (Å²) in [6.07, 6.45) is 2.09. The van der Waals surface area contributed by atoms with Crippen LogP contribution >= 0.6 is 43.5 Å². The Labute approximate surface area is 365 Å². The van der Waals surface area contributed by atoms with Gasteiger partial charge in [-0.3, -0.25) is 34.3 Å². The largest absolute Gasteiger partial charge is 0.503 e. The molecule has 2 heterocycles. The minimum atomic E-state index is -1.67. The number of nitrogens with zero attached hydrogens (tertiary/aromatic N) is 2. The molecule has 60 heavy (non-hydrogen) atoms. The van der Waals surface area contributed by atoms with Gasteiger partial charge in [0, 0.05) is 26.5 Å². The van der Waals surface area contributed by atoms with Crippen molar-refractivity contribution in [2.45, 2.75) is 24.2 Å². The van der Waals surface area contributed by atoms with Crippen LogP contribution in [0.2, 0.25) is 5.02 Å². The number of hydrogen-bond acceptors (Lipinski definition) is 8. The van der Waals surface area contributed by atoms with E-state index in [0.717, 1.165) is 5.01 Å². The molecular formula is C46H33Br2ClFN3O7. The molecular weight excluding hydrogens is 921 g/mol. The highest BCUT2D eigenvalue weighted by molar-refractivity contribution is 9.13. The van der Waals surface area contributed by atoms with Gasteiger partial charge in [0.25, 0.3) is 11.8 Å². The molecule has 3 fully saturated rings. The second kappa shape index (κ2) is 15.1. The van der Waals surface area contributed by atoms with E-state index in [1.807, 2.05) is 12.1 Å². The maximum atomic E-state index is 15.5. The molecule has 10 nitrogen and oxygen atoms in total. The maximum Gasteiger partial charge on any atom is 0.260 e. The Morgan fingerprint density at radius 3 is 2.18 bits per heavy atom. The highest BCUT2D eigenvalue weighted by Gasteiger charge is 2.70. The number of phenolic OH excluding ortho intramolecular Hbond substituents is 1. The van der Waals surface area contributed by atoms with Crippen molar-refractivity contribution < 1.29 is 38.2 Å². The topological polar surface area (TPSA) is 133 Å². The van der Waals surface area contributed by atoms with Crippen molar-refractivity contribution in [3.8, 4) is 11.5 Å². The molecule has 5 aromatic rings. The Morgan fingerprint density at radius 2 is 1.52 bits per heavy atom. The van der Waals surface area contributed by atoms with Gasteiger partial charge in [0.1, 0.15) is 5.82 Å². The van der Waals surface area contributed by atoms with E-state index in [-0.39, 0.29) is 40.3 Å². The number of hydrazine groups is 1. The first kappa shape index (κ1) is 39.8. The number of anilines is 2. The third kappa shape index (κ3) is 6.03. The summed E-state index contributed by atoms with van der Waals surface area (Å²) >= 11 is 13.6. The Bertz CT molecular complexity index is 2660. The number of aromatic hydroxyl groups is 1. The predicted octanol–water partition coefficient (Wildman–Crippen LogP) is 9.14. The number of fused-ring (bicyclic) bond motifs is 4. The quantitative estimate of drug-likeness (QED) is 0.0895. The molecule has 5 aromatic carbocycles. The lowest BCUT2D eigenvalue weighted by Gasteiger charge is -2.51. The van der Waals surface area contributed by atoms with E-state index in [2.05, 4.69) is 37.3 Å². The van der Waals surface area contributed by atoms with E-state index < -0.39 is 64.5 Å². The number of methoxy groups -OCH3 is 1. The zero-order chi connectivity index (χ0) is 42.2. The van der Waals surface area contributed by atoms with Gasteiger partial charge in [-0.15, -0.1) is 0 Å². The molecule has 0 radical (unpaired) electrons. The molecule has 2 aliphatic carbocycles. The predicted molar refractivity (Wildman–Crippen MR) is 228 cm³/mol. The first-order valence-corrected chi connectivity index (χ1v) is 21.0. The standard InChI is InChI=1S/C46H33Br2ClFN3O7/c1-60-35-22-33(38(47)39(48)41(35)55)37-30-19-20-31-36(44(58)52(42(31)56)29-17-7-24(8-18-29)40(54)23-5-3-2-4-6-23)32(30)21-34-43(57)53(51-28-15-13-27(50)14-16-28)45(59)46(34,37)25-9-11-26(49)12-10-25/h2-19,22,31-32,34,36-37,51,55H,20-21H2,1H3/t31-,32+,34-,36-,37+,46+/m0/s1. The van der Waals surface area contributed by atoms with Crippen molar-refractivity contribution in [1.29, 1.82) is 0 Å². The van der Waals surface area contributed by atoms with Crippen molar-refractivity contribution in [2.24, 2.45) is 23.7 Å². The molecule has 9 rings (SSSR count). The molecule has 4 amide bonds. The van der Waals surface area contributed by atoms with Crippen molar-refractivity contribution in [1.82, 2.24) is 5.01 Å². The Hall–Kier alpha value is -5.63. The number of halogens is 4. The number of rotatable bonds is 8. The minimum Gasteiger partial charge on any atom is -0.503 e. The van der Waals surface area contributed by atoms with Crippen LogP contribution in [0.15, 0.2) is 130 Å². The molecule has 0 unspecified atom stereocenters. The van der Waals surface area contributed by atoms with E-state index in [1.165, 1.54) is 36.3 Å². The number of carbonyl (C=O) groups excluding carboxylic acids is 5. The number of hydrogen-bond donors (Lipinski definition) is 2. The van der Waals surface area contributed by atoms with Crippen LogP contribution in [-0.4, -0.2) is 46.6 Å². The second-order valence-corrected chi connectivity index (χ2v) is 17.3. The lowest BCUT2D eigenvalue weighted by molar-refractivity contribution is -0.138. The van der Waals surface area contributed by atoms with Gasteiger partial charge in [-0.05, 0) is 128 Å². The molecule has 4 aliphatic rings. The molecule has 302 valence electrons. The number of allylic oxidation sites excluding steroid dienone is 2. The number of imide groups is 2. The van der Waals surface area contributed by atoms with Crippen LogP contribution < -0.4 is 15.1 Å². The lowest BCUT2D eigenvalue weighted by Crippen LogP contribution is -2.53. The van der Waals surface area contributed by atoms with Crippen LogP contribution in [0.25, 0.3) is 0 Å². The summed E-state index contributed by atoms with van der Waals surface area (Å²) < 4.78 is 20.2. The highest BCUT2D eigenvalue weighted by Crippen LogP contribution is 2.65. The fourth-order valence-electron chi connectivity index (χ4n) is 9.75. The van der Waals surface area contributed by atoms with Gasteiger partial charge < -0.3 is 9.84 Å². The van der Waals surface area contributed by atoms with Crippen molar-refractivity contribution >= 4 is 84.2 Å². The second-order valence-electron chi connectivity index (χ2n) is 15.3. The van der Waals surface area contributed by atoms with E-state index in [9.17, 15) is 23.9 Å². The highest BCUT2D eigenvalue weighted by atomic mass is 79.9. The number of ketones is 1. The SMILES string of the molecule is COc1cc([C@H]2C3=CC[C@@H]4C(=O)N(c5ccc(C(=O)c6ccccc6)cc5)C(=O)[C@@H]4[C@@H]3C[C@H]3C(=O)N(Nc4ccc(F)cc4)C(=O)[C@@]23c2ccc(Cl)cc2)c(Br)c(Br)c1O. The minimum absolute atomic E-state index is 0.0175. The normalized spacial score (nSPS) is 24.5. The number of amides is 4. The van der Waals surface area contributed by atoms with Gasteiger partial charge in [0.05, 0.1) is 46.1 Å². The van der Waals surface area contributed by atoms with Gasteiger partial charge in [-0.2, -0.15) is 5.01 Å². The van der Waals surface area contributed by atoms with Gasteiger partial charge in [-0.25, -0.2) is 4.39 Å². The number of benzene rings is 5. The molecule has 6 atom stereocenters. The molecule has 1 saturated carbocycles. The van der Waals surface area contributed by atoms with Crippen LogP contribution in [0, 0.1) is 29.5 Å². The summed E-state index contributed by atoms with van der Waals surface area (Å²) in [6, 6.07) is 28.7. The summed E-state index contributed by atoms with van der Waals surface area (Å²) in [5.41, 5.74) is 4.38. The van der Waals surface area contributed by atoms with Crippen molar-refractivity contribution in [3.63, 3.8) is 0 Å². The summed E-state index contributed by atoms with van der Waals surface area (Å²) in [7, 11) is 1.39. The summed E-state index contributed by atoms with van der Waals surface area (Å²) in [4.78, 5) is 74.0. The third-order valence-corrected chi connectivity index (χ3v) is 14.8. The first-order valence-electron chi connectivity index (χ1n) is 19.1. The monoisotopic (exact) mass is 951 g/mol. The van der Waals surface area contributed by atoms with Crippen LogP contribution in [-0.2, 0) is 24.6 Å². The number of ether oxygens (including phenoxy) is 1. The van der Waals surface area contributed by atoms with Crippen LogP contribution in [0.4, 0.5) is 15.8 Å². The van der Waals surface area contributed by atoms with Gasteiger partial charge in [0.15, 0.2) is 17.3 Å². The van der Waals surface area contributed by atoms with E-state index in [1.54, 1.807) is 78.9 Å². The van der Waals surface area contributed by atoms with Gasteiger partial charge in [-0.1, -0.05) is 65.7 Å². The van der Waals surface area contributed by atoms with Crippen molar-refractivity contribution in [2.75, 3.05) is 17.4 Å². The molecule has 14 heteroatoms. The molecule has 0 bridgehead atoms. The molecule has 2 aliphatic heterocycles. The van der Waals surface area contributed by atoms with E-state index >= 15 is 9.59 Å². The fourth-order valence-corrected chi connectivity index (χ4v) is 10.8. The number of carbonyl (C=O) groups is 5. The van der Waals surface area contributed by atoms with E-state index in [0.29, 0.717) is 43.0 Å². The number of nitrogens with one attached hydrogen (secondary N) is 1. The third-order valence-electron chi connectivity index (χ3n) is 12.4. The van der Waals surface area contributed by atoms with Crippen LogP contribution in [0.5, 0.6) is 11.5 Å². The average Bonchev–Trinajstić information content (AvgIpc) is 3.64. The van der Waals surface area contributed by atoms with E-state index in [4.69, 9.17) is 16.3 Å². The molecule has 2 N–H and O–H groups in total. The maximum absolute atomic E-state index is 15.5. The molecule has 2 saturated heterocycles. The summed E-state index contributed by atoms with van der Waals surface area (Å²) in [6.45, 7) is 0. The fraction of sp³-hybridized carbons (Fsp3) is 0.196. The number of phenols is 1.